The van der Waals surface area contributed by atoms with Crippen LogP contribution in [0.15, 0.2) is 164 Å². The largest absolute Gasteiger partial charge is 0.299 e. The van der Waals surface area contributed by atoms with E-state index in [-0.39, 0.29) is 0 Å². The molecular weight excluding hydrogens is 777 g/mol. The van der Waals surface area contributed by atoms with Gasteiger partial charge in [0.05, 0.1) is 11.3 Å². The molecule has 324 valence electrons. The van der Waals surface area contributed by atoms with Crippen molar-refractivity contribution in [3.8, 4) is 45.3 Å². The topological polar surface area (TPSA) is 26.6 Å². The average Bonchev–Trinajstić information content (AvgIpc) is 4.04. The van der Waals surface area contributed by atoms with Crippen molar-refractivity contribution in [1.29, 1.82) is 0 Å². The van der Waals surface area contributed by atoms with Crippen LogP contribution in [-0.4, -0.2) is 14.1 Å². The molecule has 0 atom stereocenters. The minimum Gasteiger partial charge on any atom is -0.299 e. The Balaban J connectivity index is 0.000000169. The standard InChI is InChI=1S/C32H31N2.C25H26N2.C3H8/c1-21(2)28-18-26(23-10-6-5-7-11-23)19-29(22(3)4)31(28)34-15-14-33-20-27-16-24-12-8-9-13-25(24)17-30(27)32(33)34;1-17(2)22-10-7-11-23(18(3)4)24(22)27-15-14-26-25(27)21-13-12-19-8-5-6-9-20(19)16-21;1-3-2/h5-19,21-22H,20H2,1-4H3;5-18H,1-4H3;3H2,1-2H3/q+1;;. The van der Waals surface area contributed by atoms with Crippen LogP contribution in [0.3, 0.4) is 0 Å². The Labute approximate surface area is 381 Å². The molecule has 1 aliphatic rings. The van der Waals surface area contributed by atoms with Gasteiger partial charge in [0, 0.05) is 34.6 Å². The third-order valence-electron chi connectivity index (χ3n) is 12.4. The molecule has 9 aromatic rings. The molecule has 0 bridgehead atoms. The van der Waals surface area contributed by atoms with E-state index >= 15 is 0 Å². The number of nitrogens with zero attached hydrogens (tertiary/aromatic N) is 4. The lowest BCUT2D eigenvalue weighted by atomic mass is 9.88. The molecule has 10 rings (SSSR count). The molecule has 4 nitrogen and oxygen atoms in total. The predicted molar refractivity (Wildman–Crippen MR) is 272 cm³/mol. The molecule has 0 spiro atoms. The van der Waals surface area contributed by atoms with E-state index in [4.69, 9.17) is 4.98 Å². The zero-order valence-corrected chi connectivity index (χ0v) is 39.6. The number of aromatic nitrogens is 4. The van der Waals surface area contributed by atoms with Gasteiger partial charge < -0.3 is 0 Å². The molecule has 1 aliphatic heterocycles. The quantitative estimate of drug-likeness (QED) is 0.140. The fourth-order valence-electron chi connectivity index (χ4n) is 9.28. The van der Waals surface area contributed by atoms with Crippen molar-refractivity contribution in [1.82, 2.24) is 14.1 Å². The molecule has 64 heavy (non-hydrogen) atoms. The van der Waals surface area contributed by atoms with Gasteiger partial charge in [-0.05, 0) is 97.8 Å². The van der Waals surface area contributed by atoms with E-state index in [1.807, 2.05) is 6.20 Å². The summed E-state index contributed by atoms with van der Waals surface area (Å²) in [5.74, 6) is 4.01. The number of hydrogen-bond donors (Lipinski definition) is 0. The number of hydrogen-bond acceptors (Lipinski definition) is 1. The lowest BCUT2D eigenvalue weighted by molar-refractivity contribution is -0.671. The Hall–Kier alpha value is -6.52. The number of benzene rings is 7. The lowest BCUT2D eigenvalue weighted by Crippen LogP contribution is -2.30. The molecule has 2 aromatic heterocycles. The van der Waals surface area contributed by atoms with Crippen LogP contribution in [0.2, 0.25) is 0 Å². The van der Waals surface area contributed by atoms with Gasteiger partial charge in [0.15, 0.2) is 0 Å². The fourth-order valence-corrected chi connectivity index (χ4v) is 9.28. The second-order valence-electron chi connectivity index (χ2n) is 18.6. The first-order valence-corrected chi connectivity index (χ1v) is 23.5. The van der Waals surface area contributed by atoms with Gasteiger partial charge in [0.2, 0.25) is 0 Å². The van der Waals surface area contributed by atoms with Crippen molar-refractivity contribution in [2.75, 3.05) is 0 Å². The summed E-state index contributed by atoms with van der Waals surface area (Å²) in [5, 5.41) is 5.11. The van der Waals surface area contributed by atoms with Gasteiger partial charge in [-0.1, -0.05) is 185 Å². The van der Waals surface area contributed by atoms with Gasteiger partial charge in [0.1, 0.15) is 30.5 Å². The monoisotopic (exact) mass is 842 g/mol. The summed E-state index contributed by atoms with van der Waals surface area (Å²) < 4.78 is 7.14. The fraction of sp³-hybridized carbons (Fsp3) is 0.267. The van der Waals surface area contributed by atoms with Crippen LogP contribution in [0.4, 0.5) is 0 Å². The Morgan fingerprint density at radius 1 is 0.484 bits per heavy atom. The van der Waals surface area contributed by atoms with Crippen LogP contribution in [0.1, 0.15) is 127 Å². The van der Waals surface area contributed by atoms with Gasteiger partial charge >= 0.3 is 0 Å². The van der Waals surface area contributed by atoms with Crippen LogP contribution in [-0.2, 0) is 6.54 Å². The van der Waals surface area contributed by atoms with E-state index in [0.29, 0.717) is 23.7 Å². The first-order chi connectivity index (χ1) is 31.0. The van der Waals surface area contributed by atoms with E-state index in [1.54, 1.807) is 0 Å². The second kappa shape index (κ2) is 19.1. The van der Waals surface area contributed by atoms with Crippen LogP contribution < -0.4 is 4.57 Å². The van der Waals surface area contributed by atoms with Crippen LogP contribution in [0.25, 0.3) is 66.8 Å². The molecule has 0 fully saturated rings. The van der Waals surface area contributed by atoms with E-state index < -0.39 is 0 Å². The summed E-state index contributed by atoms with van der Waals surface area (Å²) in [6, 6.07) is 50.8. The molecule has 0 radical (unpaired) electrons. The number of fused-ring (bicyclic) bond motifs is 5. The minimum absolute atomic E-state index is 0.414. The molecule has 0 aliphatic carbocycles. The van der Waals surface area contributed by atoms with Crippen molar-refractivity contribution in [3.05, 3.63) is 192 Å². The minimum atomic E-state index is 0.414. The number of para-hydroxylation sites is 1. The molecule has 0 saturated heterocycles. The summed E-state index contributed by atoms with van der Waals surface area (Å²) >= 11 is 0. The highest BCUT2D eigenvalue weighted by atomic mass is 15.2. The molecule has 0 unspecified atom stereocenters. The third kappa shape index (κ3) is 8.71. The SMILES string of the molecule is CC(C)c1cc(-c2ccccc2)cc(C(C)C)c1-n1cc[n+]2c1-c1cc3ccccc3cc1C2.CC(C)c1cccc(C(C)C)c1-n1ccnc1-c1ccc2ccccc2c1.CCC. The molecule has 4 heteroatoms. The van der Waals surface area contributed by atoms with Gasteiger partial charge in [-0.25, -0.2) is 9.55 Å². The van der Waals surface area contributed by atoms with Crippen LogP contribution in [0.5, 0.6) is 0 Å². The van der Waals surface area contributed by atoms with Crippen molar-refractivity contribution in [2.24, 2.45) is 0 Å². The van der Waals surface area contributed by atoms with Crippen molar-refractivity contribution in [3.63, 3.8) is 0 Å². The predicted octanol–water partition coefficient (Wildman–Crippen LogP) is 16.2. The molecule has 7 aromatic carbocycles. The smallest absolute Gasteiger partial charge is 0.294 e. The Morgan fingerprint density at radius 3 is 1.61 bits per heavy atom. The molecule has 0 N–H and O–H groups in total. The Bertz CT molecular complexity index is 2980. The van der Waals surface area contributed by atoms with Crippen molar-refractivity contribution < 1.29 is 4.57 Å². The maximum atomic E-state index is 4.73. The van der Waals surface area contributed by atoms with Gasteiger partial charge in [-0.3, -0.25) is 4.57 Å². The van der Waals surface area contributed by atoms with Gasteiger partial charge in [-0.15, -0.1) is 0 Å². The maximum Gasteiger partial charge on any atom is 0.294 e. The van der Waals surface area contributed by atoms with Crippen LogP contribution in [0, 0.1) is 0 Å². The van der Waals surface area contributed by atoms with Crippen molar-refractivity contribution >= 4 is 21.5 Å². The highest BCUT2D eigenvalue weighted by Crippen LogP contribution is 2.40. The van der Waals surface area contributed by atoms with Crippen molar-refractivity contribution in [2.45, 2.75) is 106 Å². The van der Waals surface area contributed by atoms with E-state index in [1.165, 1.54) is 89.7 Å². The first-order valence-electron chi connectivity index (χ1n) is 23.5. The average molecular weight is 842 g/mol. The molecule has 0 saturated carbocycles. The second-order valence-corrected chi connectivity index (χ2v) is 18.6. The summed E-state index contributed by atoms with van der Waals surface area (Å²) in [6.45, 7) is 23.5. The number of imidazole rings is 2. The third-order valence-corrected chi connectivity index (χ3v) is 12.4. The van der Waals surface area contributed by atoms with Crippen LogP contribution >= 0.6 is 0 Å². The lowest BCUT2D eigenvalue weighted by Gasteiger charge is -2.21. The number of rotatable bonds is 8. The van der Waals surface area contributed by atoms with E-state index in [2.05, 4.69) is 241 Å². The molecule has 0 amide bonds. The summed E-state index contributed by atoms with van der Waals surface area (Å²) in [4.78, 5) is 4.73. The summed E-state index contributed by atoms with van der Waals surface area (Å²) in [5.41, 5.74) is 14.6. The van der Waals surface area contributed by atoms with Gasteiger partial charge in [0.25, 0.3) is 5.82 Å². The summed E-state index contributed by atoms with van der Waals surface area (Å²) in [7, 11) is 0. The summed E-state index contributed by atoms with van der Waals surface area (Å²) in [6.07, 6.45) is 9.77. The highest BCUT2D eigenvalue weighted by Gasteiger charge is 2.33. The zero-order chi connectivity index (χ0) is 45.1. The maximum absolute atomic E-state index is 4.73. The Morgan fingerprint density at radius 2 is 1.02 bits per heavy atom. The molecule has 3 heterocycles. The van der Waals surface area contributed by atoms with E-state index in [0.717, 1.165) is 17.9 Å². The Kier molecular flexibility index (Phi) is 13.1. The molecular formula is C60H65N4+. The highest BCUT2D eigenvalue weighted by molar-refractivity contribution is 5.89. The van der Waals surface area contributed by atoms with E-state index in [9.17, 15) is 0 Å². The normalized spacial score (nSPS) is 11.8. The first kappa shape index (κ1) is 44.1. The van der Waals surface area contributed by atoms with Gasteiger partial charge in [-0.2, -0.15) is 4.57 Å². The zero-order valence-electron chi connectivity index (χ0n) is 39.6.